The number of unbranched alkanes of at least 4 members (excludes halogenated alkanes) is 4. The van der Waals surface area contributed by atoms with E-state index in [0.29, 0.717) is 0 Å². The third kappa shape index (κ3) is 10.8. The lowest BCUT2D eigenvalue weighted by molar-refractivity contribution is 0.283. The fourth-order valence-electron chi connectivity index (χ4n) is 0.970. The molecular weight excluding hydrogens is 174 g/mol. The number of aliphatic hydroxyl groups is 1. The first-order valence-corrected chi connectivity index (χ1v) is 5.03. The van der Waals surface area contributed by atoms with Crippen molar-refractivity contribution >= 4 is 0 Å². The molecule has 1 N–H and O–H groups in total. The van der Waals surface area contributed by atoms with Gasteiger partial charge in [0.2, 0.25) is 0 Å². The molecule has 0 aromatic rings. The fourth-order valence-corrected chi connectivity index (χ4v) is 0.970. The number of hydrogen-bond acceptors (Lipinski definition) is 2. The van der Waals surface area contributed by atoms with E-state index < -0.39 is 0 Å². The van der Waals surface area contributed by atoms with Crippen molar-refractivity contribution in [1.29, 1.82) is 5.26 Å². The quantitative estimate of drug-likeness (QED) is 0.398. The number of rotatable bonds is 6. The second-order valence-corrected chi connectivity index (χ2v) is 2.96. The number of aliphatic hydroxyl groups excluding tert-OH is 1. The zero-order valence-corrected chi connectivity index (χ0v) is 8.50. The summed E-state index contributed by atoms with van der Waals surface area (Å²) in [7, 11) is 0. The van der Waals surface area contributed by atoms with Gasteiger partial charge in [0.25, 0.3) is 0 Å². The molecule has 0 saturated heterocycles. The van der Waals surface area contributed by atoms with Gasteiger partial charge in [-0.1, -0.05) is 12.5 Å². The van der Waals surface area contributed by atoms with Crippen molar-refractivity contribution in [3.05, 3.63) is 12.2 Å². The third-order valence-corrected chi connectivity index (χ3v) is 1.71. The highest BCUT2D eigenvalue weighted by molar-refractivity contribution is 5.04. The standard InChI is InChI=1S/C12H17NO/c13-11-9-7-5-3-1-2-4-6-8-10-12-14/h7,9,14H,3-6,8,10,12H2/b9-7-. The number of nitriles is 1. The molecule has 0 bridgehead atoms. The van der Waals surface area contributed by atoms with Crippen LogP contribution in [-0.2, 0) is 0 Å². The Kier molecular flexibility index (Phi) is 10.7. The van der Waals surface area contributed by atoms with E-state index in [1.165, 1.54) is 6.08 Å². The minimum absolute atomic E-state index is 0.284. The van der Waals surface area contributed by atoms with E-state index in [1.807, 2.05) is 12.1 Å². The minimum atomic E-state index is 0.284. The van der Waals surface area contributed by atoms with E-state index >= 15 is 0 Å². The Morgan fingerprint density at radius 2 is 1.86 bits per heavy atom. The normalized spacial score (nSPS) is 9.43. The van der Waals surface area contributed by atoms with Gasteiger partial charge in [-0.3, -0.25) is 0 Å². The fraction of sp³-hybridized carbons (Fsp3) is 0.583. The highest BCUT2D eigenvalue weighted by atomic mass is 16.2. The van der Waals surface area contributed by atoms with E-state index in [4.69, 9.17) is 10.4 Å². The molecule has 2 nitrogen and oxygen atoms in total. The van der Waals surface area contributed by atoms with Gasteiger partial charge in [0.05, 0.1) is 6.07 Å². The number of nitrogens with zero attached hydrogens (tertiary/aromatic N) is 1. The summed E-state index contributed by atoms with van der Waals surface area (Å²) in [5.74, 6) is 6.12. The molecule has 0 saturated carbocycles. The molecule has 0 fully saturated rings. The van der Waals surface area contributed by atoms with Crippen LogP contribution in [0.1, 0.15) is 38.5 Å². The minimum Gasteiger partial charge on any atom is -0.396 e. The molecule has 0 aromatic carbocycles. The van der Waals surface area contributed by atoms with Crippen molar-refractivity contribution in [1.82, 2.24) is 0 Å². The van der Waals surface area contributed by atoms with Crippen LogP contribution in [0.2, 0.25) is 0 Å². The molecule has 0 radical (unpaired) electrons. The summed E-state index contributed by atoms with van der Waals surface area (Å²) in [6.07, 6.45) is 8.94. The highest BCUT2D eigenvalue weighted by Crippen LogP contribution is 1.97. The van der Waals surface area contributed by atoms with Crippen molar-refractivity contribution in [2.75, 3.05) is 6.61 Å². The average Bonchev–Trinajstić information content (AvgIpc) is 2.21. The molecule has 0 aliphatic carbocycles. The zero-order valence-electron chi connectivity index (χ0n) is 8.50. The Bertz CT molecular complexity index is 239. The summed E-state index contributed by atoms with van der Waals surface area (Å²) in [6.45, 7) is 0.284. The van der Waals surface area contributed by atoms with Gasteiger partial charge >= 0.3 is 0 Å². The molecule has 0 aromatic heterocycles. The number of hydrogen-bond donors (Lipinski definition) is 1. The Balaban J connectivity index is 3.19. The van der Waals surface area contributed by atoms with Crippen LogP contribution in [0, 0.1) is 23.2 Å². The topological polar surface area (TPSA) is 44.0 Å². The van der Waals surface area contributed by atoms with Gasteiger partial charge < -0.3 is 5.11 Å². The van der Waals surface area contributed by atoms with Crippen LogP contribution in [0.5, 0.6) is 0 Å². The first kappa shape index (κ1) is 12.8. The second-order valence-electron chi connectivity index (χ2n) is 2.96. The van der Waals surface area contributed by atoms with Gasteiger partial charge in [-0.2, -0.15) is 5.26 Å². The van der Waals surface area contributed by atoms with Gasteiger partial charge in [-0.05, 0) is 19.3 Å². The molecule has 76 valence electrons. The summed E-state index contributed by atoms with van der Waals surface area (Å²) in [5.41, 5.74) is 0. The molecule has 0 aliphatic rings. The Hall–Kier alpha value is -1.25. The third-order valence-electron chi connectivity index (χ3n) is 1.71. The van der Waals surface area contributed by atoms with Crippen LogP contribution in [-0.4, -0.2) is 11.7 Å². The van der Waals surface area contributed by atoms with Crippen molar-refractivity contribution in [2.24, 2.45) is 0 Å². The van der Waals surface area contributed by atoms with Crippen LogP contribution in [0.3, 0.4) is 0 Å². The van der Waals surface area contributed by atoms with Crippen molar-refractivity contribution in [2.45, 2.75) is 38.5 Å². The van der Waals surface area contributed by atoms with Crippen LogP contribution in [0.4, 0.5) is 0 Å². The predicted molar refractivity (Wildman–Crippen MR) is 57.3 cm³/mol. The van der Waals surface area contributed by atoms with Gasteiger partial charge in [0.15, 0.2) is 0 Å². The lowest BCUT2D eigenvalue weighted by Crippen LogP contribution is -1.81. The molecule has 0 heterocycles. The number of allylic oxidation sites excluding steroid dienone is 2. The van der Waals surface area contributed by atoms with E-state index in [0.717, 1.165) is 38.5 Å². The zero-order chi connectivity index (χ0) is 10.5. The second kappa shape index (κ2) is 11.8. The van der Waals surface area contributed by atoms with Crippen LogP contribution in [0.25, 0.3) is 0 Å². The lowest BCUT2D eigenvalue weighted by Gasteiger charge is -1.91. The van der Waals surface area contributed by atoms with E-state index in [1.54, 1.807) is 0 Å². The largest absolute Gasteiger partial charge is 0.396 e. The van der Waals surface area contributed by atoms with Crippen LogP contribution >= 0.6 is 0 Å². The predicted octanol–water partition coefficient (Wildman–Crippen LogP) is 2.40. The van der Waals surface area contributed by atoms with Crippen LogP contribution in [0.15, 0.2) is 12.2 Å². The molecule has 0 amide bonds. The van der Waals surface area contributed by atoms with Gasteiger partial charge in [-0.25, -0.2) is 0 Å². The Morgan fingerprint density at radius 1 is 1.07 bits per heavy atom. The molecule has 0 aliphatic heterocycles. The van der Waals surface area contributed by atoms with E-state index in [2.05, 4.69) is 11.8 Å². The molecule has 0 spiro atoms. The first-order valence-electron chi connectivity index (χ1n) is 5.03. The summed E-state index contributed by atoms with van der Waals surface area (Å²) < 4.78 is 0. The first-order chi connectivity index (χ1) is 6.91. The summed E-state index contributed by atoms with van der Waals surface area (Å²) in [5, 5.41) is 16.7. The SMILES string of the molecule is N#C/C=C\CCC#CCCCCCO. The average molecular weight is 191 g/mol. The summed E-state index contributed by atoms with van der Waals surface area (Å²) >= 11 is 0. The maximum absolute atomic E-state index is 8.52. The molecule has 0 rings (SSSR count). The summed E-state index contributed by atoms with van der Waals surface area (Å²) in [6, 6.07) is 1.94. The molecule has 2 heteroatoms. The van der Waals surface area contributed by atoms with Crippen molar-refractivity contribution < 1.29 is 5.11 Å². The smallest absolute Gasteiger partial charge is 0.0908 e. The maximum Gasteiger partial charge on any atom is 0.0908 e. The maximum atomic E-state index is 8.52. The molecular formula is C12H17NO. The monoisotopic (exact) mass is 191 g/mol. The van der Waals surface area contributed by atoms with Crippen molar-refractivity contribution in [3.8, 4) is 17.9 Å². The van der Waals surface area contributed by atoms with Gasteiger partial charge in [-0.15, -0.1) is 11.8 Å². The van der Waals surface area contributed by atoms with E-state index in [9.17, 15) is 0 Å². The van der Waals surface area contributed by atoms with Gasteiger partial charge in [0.1, 0.15) is 0 Å². The highest BCUT2D eigenvalue weighted by Gasteiger charge is 1.84. The molecule has 0 atom stereocenters. The van der Waals surface area contributed by atoms with Crippen LogP contribution < -0.4 is 0 Å². The summed E-state index contributed by atoms with van der Waals surface area (Å²) in [4.78, 5) is 0. The lowest BCUT2D eigenvalue weighted by atomic mass is 10.2. The van der Waals surface area contributed by atoms with Gasteiger partial charge in [0, 0.05) is 25.5 Å². The molecule has 14 heavy (non-hydrogen) atoms. The Morgan fingerprint density at radius 3 is 2.57 bits per heavy atom. The molecule has 0 unspecified atom stereocenters. The van der Waals surface area contributed by atoms with Crippen molar-refractivity contribution in [3.63, 3.8) is 0 Å². The Labute approximate surface area is 86.3 Å². The van der Waals surface area contributed by atoms with E-state index in [-0.39, 0.29) is 6.61 Å².